The van der Waals surface area contributed by atoms with Crippen LogP contribution in [0.2, 0.25) is 0 Å². The summed E-state index contributed by atoms with van der Waals surface area (Å²) in [6.07, 6.45) is 4.28. The number of benzene rings is 1. The molecular weight excluding hydrogens is 276 g/mol. The van der Waals surface area contributed by atoms with Gasteiger partial charge in [-0.2, -0.15) is 0 Å². The number of aromatic nitrogens is 1. The Morgan fingerprint density at radius 3 is 2.10 bits per heavy atom. The Morgan fingerprint density at radius 2 is 1.62 bits per heavy atom. The maximum atomic E-state index is 4.35. The molecular formula is C18H26N2S. The average molecular weight is 302 g/mol. The van der Waals surface area contributed by atoms with Crippen molar-refractivity contribution in [2.45, 2.75) is 46.6 Å². The van der Waals surface area contributed by atoms with E-state index in [0.717, 1.165) is 16.8 Å². The van der Waals surface area contributed by atoms with Gasteiger partial charge in [-0.3, -0.25) is 0 Å². The smallest absolute Gasteiger partial charge is 0.123 e. The van der Waals surface area contributed by atoms with Crippen molar-refractivity contribution in [1.29, 1.82) is 0 Å². The van der Waals surface area contributed by atoms with Gasteiger partial charge in [0.15, 0.2) is 0 Å². The average Bonchev–Trinajstić information content (AvgIpc) is 2.91. The lowest BCUT2D eigenvalue weighted by molar-refractivity contribution is 0.442. The van der Waals surface area contributed by atoms with E-state index in [1.807, 2.05) is 11.6 Å². The summed E-state index contributed by atoms with van der Waals surface area (Å²) in [6, 6.07) is 9.21. The van der Waals surface area contributed by atoms with Crippen molar-refractivity contribution < 1.29 is 0 Å². The summed E-state index contributed by atoms with van der Waals surface area (Å²) in [7, 11) is 0. The minimum atomic E-state index is 0.552. The van der Waals surface area contributed by atoms with Crippen molar-refractivity contribution in [3.05, 3.63) is 35.8 Å². The Balaban J connectivity index is 2.03. The quantitative estimate of drug-likeness (QED) is 0.711. The molecule has 2 nitrogen and oxygen atoms in total. The molecule has 21 heavy (non-hydrogen) atoms. The highest BCUT2D eigenvalue weighted by molar-refractivity contribution is 7.13. The standard InChI is InChI=1S/C18H26N2S/c1-13(2)11-17(12-14(3)4)20-16-7-5-15(6-8-16)18-19-9-10-21-18/h5-10,13-14,17,20H,11-12H2,1-4H3. The van der Waals surface area contributed by atoms with Gasteiger partial charge in [0.25, 0.3) is 0 Å². The van der Waals surface area contributed by atoms with Crippen LogP contribution in [0, 0.1) is 11.8 Å². The lowest BCUT2D eigenvalue weighted by Gasteiger charge is -2.23. The van der Waals surface area contributed by atoms with Crippen molar-refractivity contribution in [1.82, 2.24) is 4.98 Å². The third-order valence-electron chi connectivity index (χ3n) is 3.45. The summed E-state index contributed by atoms with van der Waals surface area (Å²) in [5.41, 5.74) is 2.40. The highest BCUT2D eigenvalue weighted by Gasteiger charge is 2.13. The maximum absolute atomic E-state index is 4.35. The van der Waals surface area contributed by atoms with Crippen molar-refractivity contribution in [3.63, 3.8) is 0 Å². The van der Waals surface area contributed by atoms with Crippen molar-refractivity contribution in [2.75, 3.05) is 5.32 Å². The lowest BCUT2D eigenvalue weighted by Crippen LogP contribution is -2.23. The third kappa shape index (κ3) is 5.16. The van der Waals surface area contributed by atoms with E-state index >= 15 is 0 Å². The van der Waals surface area contributed by atoms with Gasteiger partial charge in [0.05, 0.1) is 0 Å². The molecule has 1 aromatic heterocycles. The van der Waals surface area contributed by atoms with Gasteiger partial charge in [0, 0.05) is 28.9 Å². The molecule has 0 amide bonds. The topological polar surface area (TPSA) is 24.9 Å². The van der Waals surface area contributed by atoms with Gasteiger partial charge in [0.1, 0.15) is 5.01 Å². The molecule has 114 valence electrons. The molecule has 2 aromatic rings. The number of nitrogens with one attached hydrogen (secondary N) is 1. The molecule has 1 aromatic carbocycles. The highest BCUT2D eigenvalue weighted by Crippen LogP contribution is 2.24. The van der Waals surface area contributed by atoms with E-state index < -0.39 is 0 Å². The number of thiazole rings is 1. The number of rotatable bonds is 7. The predicted molar refractivity (Wildman–Crippen MR) is 93.9 cm³/mol. The molecule has 0 fully saturated rings. The zero-order valence-corrected chi connectivity index (χ0v) is 14.3. The molecule has 3 heteroatoms. The summed E-state index contributed by atoms with van der Waals surface area (Å²) in [6.45, 7) is 9.17. The second kappa shape index (κ2) is 7.60. The number of anilines is 1. The molecule has 0 radical (unpaired) electrons. The summed E-state index contributed by atoms with van der Waals surface area (Å²) < 4.78 is 0. The Bertz CT molecular complexity index is 505. The van der Waals surface area contributed by atoms with Crippen molar-refractivity contribution in [2.24, 2.45) is 11.8 Å². The SMILES string of the molecule is CC(C)CC(CC(C)C)Nc1ccc(-c2nccs2)cc1. The van der Waals surface area contributed by atoms with E-state index in [1.54, 1.807) is 11.3 Å². The van der Waals surface area contributed by atoms with E-state index in [-0.39, 0.29) is 0 Å². The van der Waals surface area contributed by atoms with Crippen LogP contribution in [0.1, 0.15) is 40.5 Å². The van der Waals surface area contributed by atoms with Crippen LogP contribution in [-0.2, 0) is 0 Å². The molecule has 0 aliphatic carbocycles. The van der Waals surface area contributed by atoms with Crippen LogP contribution in [0.25, 0.3) is 10.6 Å². The normalized spacial score (nSPS) is 11.6. The van der Waals surface area contributed by atoms with Crippen LogP contribution in [0.3, 0.4) is 0 Å². The molecule has 0 bridgehead atoms. The first-order chi connectivity index (χ1) is 10.0. The second-order valence-electron chi connectivity index (χ2n) is 6.51. The van der Waals surface area contributed by atoms with Crippen LogP contribution in [-0.4, -0.2) is 11.0 Å². The van der Waals surface area contributed by atoms with Crippen molar-refractivity contribution >= 4 is 17.0 Å². The molecule has 2 rings (SSSR count). The molecule has 0 unspecified atom stereocenters. The summed E-state index contributed by atoms with van der Waals surface area (Å²) in [4.78, 5) is 4.35. The summed E-state index contributed by atoms with van der Waals surface area (Å²) in [5.74, 6) is 1.44. The number of hydrogen-bond acceptors (Lipinski definition) is 3. The van der Waals surface area contributed by atoms with Crippen LogP contribution in [0.5, 0.6) is 0 Å². The van der Waals surface area contributed by atoms with Crippen LogP contribution in [0.15, 0.2) is 35.8 Å². The third-order valence-corrected chi connectivity index (χ3v) is 4.27. The minimum Gasteiger partial charge on any atom is -0.382 e. The van der Waals surface area contributed by atoms with E-state index in [2.05, 4.69) is 62.3 Å². The number of hydrogen-bond donors (Lipinski definition) is 1. The van der Waals surface area contributed by atoms with Gasteiger partial charge in [0.2, 0.25) is 0 Å². The monoisotopic (exact) mass is 302 g/mol. The first-order valence-electron chi connectivity index (χ1n) is 7.81. The van der Waals surface area contributed by atoms with Gasteiger partial charge in [-0.1, -0.05) is 27.7 Å². The molecule has 0 spiro atoms. The molecule has 0 saturated carbocycles. The first-order valence-corrected chi connectivity index (χ1v) is 8.69. The van der Waals surface area contributed by atoms with E-state index in [0.29, 0.717) is 6.04 Å². The molecule has 0 aliphatic heterocycles. The van der Waals surface area contributed by atoms with Gasteiger partial charge < -0.3 is 5.32 Å². The fourth-order valence-electron chi connectivity index (χ4n) is 2.66. The van der Waals surface area contributed by atoms with E-state index in [4.69, 9.17) is 0 Å². The Hall–Kier alpha value is -1.35. The van der Waals surface area contributed by atoms with Gasteiger partial charge in [-0.25, -0.2) is 4.98 Å². The lowest BCUT2D eigenvalue weighted by atomic mass is 9.95. The van der Waals surface area contributed by atoms with Gasteiger partial charge >= 0.3 is 0 Å². The molecule has 0 saturated heterocycles. The largest absolute Gasteiger partial charge is 0.382 e. The molecule has 0 atom stereocenters. The molecule has 0 aliphatic rings. The molecule has 1 heterocycles. The predicted octanol–water partition coefficient (Wildman–Crippen LogP) is 5.68. The van der Waals surface area contributed by atoms with Crippen molar-refractivity contribution in [3.8, 4) is 10.6 Å². The van der Waals surface area contributed by atoms with Gasteiger partial charge in [-0.05, 0) is 48.9 Å². The number of nitrogens with zero attached hydrogens (tertiary/aromatic N) is 1. The second-order valence-corrected chi connectivity index (χ2v) is 7.41. The highest BCUT2D eigenvalue weighted by atomic mass is 32.1. The Kier molecular flexibility index (Phi) is 5.80. The fourth-order valence-corrected chi connectivity index (χ4v) is 3.31. The summed E-state index contributed by atoms with van der Waals surface area (Å²) >= 11 is 1.68. The van der Waals surface area contributed by atoms with E-state index in [1.165, 1.54) is 24.1 Å². The van der Waals surface area contributed by atoms with Gasteiger partial charge in [-0.15, -0.1) is 11.3 Å². The fraction of sp³-hybridized carbons (Fsp3) is 0.500. The minimum absolute atomic E-state index is 0.552. The Labute approximate surface area is 132 Å². The van der Waals surface area contributed by atoms with E-state index in [9.17, 15) is 0 Å². The Morgan fingerprint density at radius 1 is 1.00 bits per heavy atom. The maximum Gasteiger partial charge on any atom is 0.123 e. The van der Waals surface area contributed by atoms with Crippen LogP contribution < -0.4 is 5.32 Å². The van der Waals surface area contributed by atoms with Crippen LogP contribution >= 0.6 is 11.3 Å². The summed E-state index contributed by atoms with van der Waals surface area (Å²) in [5, 5.41) is 6.80. The first kappa shape index (κ1) is 16.0. The zero-order valence-electron chi connectivity index (χ0n) is 13.5. The zero-order chi connectivity index (χ0) is 15.2. The van der Waals surface area contributed by atoms with Crippen LogP contribution in [0.4, 0.5) is 5.69 Å². The molecule has 1 N–H and O–H groups in total.